The highest BCUT2D eigenvalue weighted by Gasteiger charge is 2.67. The molecule has 0 radical (unpaired) electrons. The van der Waals surface area contributed by atoms with Crippen molar-refractivity contribution in [3.63, 3.8) is 0 Å². The van der Waals surface area contributed by atoms with Crippen molar-refractivity contribution in [1.82, 2.24) is 9.66 Å². The molecule has 0 spiro atoms. The normalized spacial score (nSPS) is 29.6. The molecule has 2 aromatic carbocycles. The first kappa shape index (κ1) is 16.0. The monoisotopic (exact) mass is 371 g/mol. The third-order valence-electron chi connectivity index (χ3n) is 7.07. The van der Waals surface area contributed by atoms with Gasteiger partial charge < -0.3 is 0 Å². The molecule has 2 bridgehead atoms. The zero-order valence-corrected chi connectivity index (χ0v) is 15.4. The third-order valence-corrected chi connectivity index (χ3v) is 7.07. The Morgan fingerprint density at radius 3 is 2.39 bits per heavy atom. The predicted octanol–water partition coefficient (Wildman–Crippen LogP) is 3.43. The topological polar surface area (TPSA) is 64.0 Å². The second kappa shape index (κ2) is 5.77. The summed E-state index contributed by atoms with van der Waals surface area (Å²) in [5, 5.41) is 0.513. The zero-order valence-electron chi connectivity index (χ0n) is 15.4. The molecule has 4 unspecified atom stereocenters. The van der Waals surface area contributed by atoms with Crippen LogP contribution in [0.2, 0.25) is 0 Å². The van der Waals surface area contributed by atoms with E-state index in [0.717, 1.165) is 5.56 Å². The molecule has 0 aliphatic heterocycles. The first-order valence-corrected chi connectivity index (χ1v) is 10.1. The summed E-state index contributed by atoms with van der Waals surface area (Å²) in [6, 6.07) is 16.8. The Morgan fingerprint density at radius 2 is 1.64 bits per heavy atom. The van der Waals surface area contributed by atoms with Gasteiger partial charge in [0.25, 0.3) is 5.56 Å². The largest absolute Gasteiger partial charge is 0.280 e. The van der Waals surface area contributed by atoms with Crippen molar-refractivity contribution in [1.29, 1.82) is 0 Å². The molecule has 3 aliphatic carbocycles. The maximum Gasteiger partial charge on any atom is 0.280 e. The van der Waals surface area contributed by atoms with Crippen LogP contribution >= 0.6 is 0 Å². The maximum atomic E-state index is 13.2. The number of rotatable bonds is 3. The van der Waals surface area contributed by atoms with Gasteiger partial charge in [0.1, 0.15) is 0 Å². The molecule has 28 heavy (non-hydrogen) atoms. The number of carbonyl (C=O) groups is 1. The summed E-state index contributed by atoms with van der Waals surface area (Å²) in [4.78, 5) is 31.0. The van der Waals surface area contributed by atoms with Crippen molar-refractivity contribution in [2.45, 2.75) is 19.3 Å². The van der Waals surface area contributed by atoms with E-state index in [9.17, 15) is 9.59 Å². The van der Waals surface area contributed by atoms with Crippen molar-refractivity contribution in [3.05, 3.63) is 65.0 Å². The summed E-state index contributed by atoms with van der Waals surface area (Å²) in [5.41, 5.74) is 4.15. The maximum absolute atomic E-state index is 13.2. The lowest BCUT2D eigenvalue weighted by Crippen LogP contribution is -2.36. The SMILES string of the molecule is O=C(Nn1c(-c2ccccc2)nc2ccccc2c1=O)C1C2C3CCC(C3)C12. The van der Waals surface area contributed by atoms with E-state index >= 15 is 0 Å². The average Bonchev–Trinajstić information content (AvgIpc) is 3.18. The third kappa shape index (κ3) is 2.22. The highest BCUT2D eigenvalue weighted by atomic mass is 16.2. The Morgan fingerprint density at radius 1 is 0.964 bits per heavy atom. The summed E-state index contributed by atoms with van der Waals surface area (Å²) >= 11 is 0. The van der Waals surface area contributed by atoms with Gasteiger partial charge in [0.15, 0.2) is 5.82 Å². The lowest BCUT2D eigenvalue weighted by molar-refractivity contribution is -0.119. The minimum absolute atomic E-state index is 0.0250. The molecule has 3 aliphatic rings. The number of para-hydroxylation sites is 1. The molecule has 3 fully saturated rings. The molecule has 3 saturated carbocycles. The summed E-state index contributed by atoms with van der Waals surface area (Å²) in [6.07, 6.45) is 3.83. The second-order valence-corrected chi connectivity index (χ2v) is 8.45. The molecule has 1 N–H and O–H groups in total. The van der Waals surface area contributed by atoms with Crippen LogP contribution in [-0.4, -0.2) is 15.6 Å². The van der Waals surface area contributed by atoms with Crippen LogP contribution < -0.4 is 11.0 Å². The molecule has 1 aromatic heterocycles. The van der Waals surface area contributed by atoms with E-state index in [2.05, 4.69) is 5.43 Å². The van der Waals surface area contributed by atoms with E-state index in [-0.39, 0.29) is 17.4 Å². The van der Waals surface area contributed by atoms with Crippen molar-refractivity contribution >= 4 is 16.8 Å². The molecule has 0 saturated heterocycles. The first-order chi connectivity index (χ1) is 13.7. The minimum atomic E-state index is -0.230. The number of aromatic nitrogens is 2. The fourth-order valence-electron chi connectivity index (χ4n) is 5.88. The van der Waals surface area contributed by atoms with Crippen LogP contribution in [0.1, 0.15) is 19.3 Å². The quantitative estimate of drug-likeness (QED) is 0.767. The van der Waals surface area contributed by atoms with Crippen LogP contribution in [-0.2, 0) is 4.79 Å². The van der Waals surface area contributed by atoms with Crippen LogP contribution in [0.5, 0.6) is 0 Å². The molecule has 1 amide bonds. The number of amides is 1. The molecule has 5 nitrogen and oxygen atoms in total. The summed E-state index contributed by atoms with van der Waals surface area (Å²) in [7, 11) is 0. The second-order valence-electron chi connectivity index (χ2n) is 8.45. The van der Waals surface area contributed by atoms with Gasteiger partial charge in [-0.1, -0.05) is 42.5 Å². The molecular formula is C23H21N3O2. The van der Waals surface area contributed by atoms with Gasteiger partial charge in [-0.15, -0.1) is 0 Å². The fourth-order valence-corrected chi connectivity index (χ4v) is 5.88. The molecule has 6 rings (SSSR count). The number of hydrogen-bond donors (Lipinski definition) is 1. The predicted molar refractivity (Wildman–Crippen MR) is 107 cm³/mol. The van der Waals surface area contributed by atoms with Crippen LogP contribution in [0.25, 0.3) is 22.3 Å². The highest BCUT2D eigenvalue weighted by Crippen LogP contribution is 2.69. The van der Waals surface area contributed by atoms with Gasteiger partial charge in [-0.05, 0) is 55.1 Å². The van der Waals surface area contributed by atoms with Gasteiger partial charge >= 0.3 is 0 Å². The van der Waals surface area contributed by atoms with E-state index in [1.54, 1.807) is 6.07 Å². The van der Waals surface area contributed by atoms with Crippen molar-refractivity contribution in [2.75, 3.05) is 5.43 Å². The molecule has 3 aromatic rings. The van der Waals surface area contributed by atoms with Gasteiger partial charge in [0.05, 0.1) is 10.9 Å². The van der Waals surface area contributed by atoms with Crippen LogP contribution in [0.3, 0.4) is 0 Å². The Hall–Kier alpha value is -2.95. The van der Waals surface area contributed by atoms with E-state index in [0.29, 0.717) is 40.4 Å². The number of fused-ring (bicyclic) bond motifs is 6. The van der Waals surface area contributed by atoms with Crippen LogP contribution in [0.15, 0.2) is 59.4 Å². The molecule has 140 valence electrons. The standard InChI is InChI=1S/C23H21N3O2/c27-22(20-18-14-10-11-15(12-14)19(18)20)25-26-21(13-6-2-1-3-7-13)24-17-9-5-4-8-16(17)23(26)28/h1-9,14-15,18-20H,10-12H2,(H,25,27). The van der Waals surface area contributed by atoms with E-state index in [1.807, 2.05) is 48.5 Å². The summed E-state index contributed by atoms with van der Waals surface area (Å²) in [5.74, 6) is 3.00. The van der Waals surface area contributed by atoms with Gasteiger partial charge in [-0.3, -0.25) is 15.0 Å². The number of nitrogens with one attached hydrogen (secondary N) is 1. The van der Waals surface area contributed by atoms with Crippen molar-refractivity contribution < 1.29 is 4.79 Å². The molecule has 4 atom stereocenters. The molecular weight excluding hydrogens is 350 g/mol. The van der Waals surface area contributed by atoms with Crippen molar-refractivity contribution in [2.24, 2.45) is 29.6 Å². The Balaban J connectivity index is 1.42. The lowest BCUT2D eigenvalue weighted by atomic mass is 10.0. The van der Waals surface area contributed by atoms with E-state index < -0.39 is 0 Å². The van der Waals surface area contributed by atoms with Gasteiger partial charge in [-0.25, -0.2) is 4.98 Å². The summed E-state index contributed by atoms with van der Waals surface area (Å²) in [6.45, 7) is 0. The minimum Gasteiger partial charge on any atom is -0.273 e. The lowest BCUT2D eigenvalue weighted by Gasteiger charge is -2.16. The van der Waals surface area contributed by atoms with Gasteiger partial charge in [0.2, 0.25) is 5.91 Å². The van der Waals surface area contributed by atoms with Crippen LogP contribution in [0, 0.1) is 29.6 Å². The van der Waals surface area contributed by atoms with E-state index in [1.165, 1.54) is 23.9 Å². The fraction of sp³-hybridized carbons (Fsp3) is 0.348. The van der Waals surface area contributed by atoms with Gasteiger partial charge in [0, 0.05) is 11.5 Å². The van der Waals surface area contributed by atoms with Crippen LogP contribution in [0.4, 0.5) is 0 Å². The molecule has 1 heterocycles. The number of nitrogens with zero attached hydrogens (tertiary/aromatic N) is 2. The Bertz CT molecular complexity index is 1140. The number of benzene rings is 2. The van der Waals surface area contributed by atoms with Crippen molar-refractivity contribution in [3.8, 4) is 11.4 Å². The zero-order chi connectivity index (χ0) is 18.8. The number of carbonyl (C=O) groups excluding carboxylic acids is 1. The molecule has 5 heteroatoms. The Kier molecular flexibility index (Phi) is 3.31. The summed E-state index contributed by atoms with van der Waals surface area (Å²) < 4.78 is 1.36. The highest BCUT2D eigenvalue weighted by molar-refractivity contribution is 5.90. The first-order valence-electron chi connectivity index (χ1n) is 10.1. The van der Waals surface area contributed by atoms with E-state index in [4.69, 9.17) is 4.98 Å². The average molecular weight is 371 g/mol. The number of hydrogen-bond acceptors (Lipinski definition) is 3. The Labute approximate surface area is 162 Å². The smallest absolute Gasteiger partial charge is 0.273 e. The van der Waals surface area contributed by atoms with Gasteiger partial charge in [-0.2, -0.15) is 4.68 Å².